The Bertz CT molecular complexity index is 441. The summed E-state index contributed by atoms with van der Waals surface area (Å²) in [7, 11) is 0. The van der Waals surface area contributed by atoms with Crippen molar-refractivity contribution in [1.82, 2.24) is 4.98 Å². The van der Waals surface area contributed by atoms with Gasteiger partial charge in [-0.25, -0.2) is 9.78 Å². The number of nitrogens with zero attached hydrogens (tertiary/aromatic N) is 2. The SMILES string of the molecule is Cc1ccnc(N(CCCCO)C(=O)OC(C)(C)C)c1. The van der Waals surface area contributed by atoms with Crippen LogP contribution in [0.4, 0.5) is 10.6 Å². The number of pyridine rings is 1. The van der Waals surface area contributed by atoms with E-state index in [0.29, 0.717) is 25.2 Å². The summed E-state index contributed by atoms with van der Waals surface area (Å²) in [5.41, 5.74) is 0.488. The second kappa shape index (κ2) is 7.24. The lowest BCUT2D eigenvalue weighted by Crippen LogP contribution is -2.38. The van der Waals surface area contributed by atoms with Gasteiger partial charge in [-0.2, -0.15) is 0 Å². The Hall–Kier alpha value is -1.62. The van der Waals surface area contributed by atoms with Crippen LogP contribution in [-0.2, 0) is 4.74 Å². The first kappa shape index (κ1) is 16.4. The third kappa shape index (κ3) is 5.57. The van der Waals surface area contributed by atoms with Gasteiger partial charge in [0.05, 0.1) is 0 Å². The van der Waals surface area contributed by atoms with Gasteiger partial charge in [-0.3, -0.25) is 4.90 Å². The summed E-state index contributed by atoms with van der Waals surface area (Å²) >= 11 is 0. The second-order valence-corrected chi connectivity index (χ2v) is 5.75. The van der Waals surface area contributed by atoms with E-state index in [0.717, 1.165) is 5.56 Å². The van der Waals surface area contributed by atoms with Crippen LogP contribution in [0.2, 0.25) is 0 Å². The highest BCUT2D eigenvalue weighted by Gasteiger charge is 2.23. The van der Waals surface area contributed by atoms with E-state index in [2.05, 4.69) is 4.98 Å². The van der Waals surface area contributed by atoms with Crippen LogP contribution in [-0.4, -0.2) is 34.9 Å². The molecule has 5 nitrogen and oxygen atoms in total. The minimum absolute atomic E-state index is 0.114. The molecule has 0 aliphatic rings. The molecule has 0 spiro atoms. The van der Waals surface area contributed by atoms with E-state index in [1.165, 1.54) is 4.90 Å². The van der Waals surface area contributed by atoms with Crippen LogP contribution < -0.4 is 4.90 Å². The van der Waals surface area contributed by atoms with Gasteiger partial charge in [0.1, 0.15) is 11.4 Å². The maximum atomic E-state index is 12.3. The average molecular weight is 280 g/mol. The number of anilines is 1. The highest BCUT2D eigenvalue weighted by molar-refractivity contribution is 5.86. The van der Waals surface area contributed by atoms with E-state index in [-0.39, 0.29) is 6.61 Å². The number of unbranched alkanes of at least 4 members (excludes halogenated alkanes) is 1. The minimum Gasteiger partial charge on any atom is -0.443 e. The third-order valence-corrected chi connectivity index (χ3v) is 2.58. The maximum Gasteiger partial charge on any atom is 0.416 e. The zero-order valence-electron chi connectivity index (χ0n) is 12.7. The van der Waals surface area contributed by atoms with Crippen molar-refractivity contribution in [2.24, 2.45) is 0 Å². The Balaban J connectivity index is 2.87. The standard InChI is InChI=1S/C15H24N2O3/c1-12-7-8-16-13(11-12)17(9-5-6-10-18)14(19)20-15(2,3)4/h7-8,11,18H,5-6,9-10H2,1-4H3. The summed E-state index contributed by atoms with van der Waals surface area (Å²) in [6.45, 7) is 8.04. The number of aliphatic hydroxyl groups excluding tert-OH is 1. The predicted octanol–water partition coefficient (Wildman–Crippen LogP) is 2.90. The quantitative estimate of drug-likeness (QED) is 0.842. The van der Waals surface area contributed by atoms with Crippen molar-refractivity contribution in [2.75, 3.05) is 18.1 Å². The van der Waals surface area contributed by atoms with Crippen LogP contribution >= 0.6 is 0 Å². The van der Waals surface area contributed by atoms with Gasteiger partial charge in [-0.05, 0) is 58.2 Å². The fourth-order valence-corrected chi connectivity index (χ4v) is 1.67. The molecule has 0 radical (unpaired) electrons. The first-order valence-electron chi connectivity index (χ1n) is 6.87. The molecule has 0 fully saturated rings. The Kier molecular flexibility index (Phi) is 5.95. The fraction of sp³-hybridized carbons (Fsp3) is 0.600. The monoisotopic (exact) mass is 280 g/mol. The van der Waals surface area contributed by atoms with Crippen molar-refractivity contribution in [2.45, 2.75) is 46.1 Å². The minimum atomic E-state index is -0.545. The van der Waals surface area contributed by atoms with Crippen LogP contribution in [0.5, 0.6) is 0 Å². The molecule has 1 aromatic rings. The smallest absolute Gasteiger partial charge is 0.416 e. The number of aryl methyl sites for hydroxylation is 1. The number of ether oxygens (including phenoxy) is 1. The zero-order valence-corrected chi connectivity index (χ0v) is 12.7. The largest absolute Gasteiger partial charge is 0.443 e. The summed E-state index contributed by atoms with van der Waals surface area (Å²) in [6.07, 6.45) is 2.61. The van der Waals surface area contributed by atoms with Gasteiger partial charge in [0.2, 0.25) is 0 Å². The van der Waals surface area contributed by atoms with Crippen LogP contribution in [0.1, 0.15) is 39.2 Å². The van der Waals surface area contributed by atoms with Crippen molar-refractivity contribution < 1.29 is 14.6 Å². The molecule has 0 atom stereocenters. The molecule has 20 heavy (non-hydrogen) atoms. The van der Waals surface area contributed by atoms with Gasteiger partial charge in [0.15, 0.2) is 0 Å². The Morgan fingerprint density at radius 2 is 2.10 bits per heavy atom. The first-order valence-corrected chi connectivity index (χ1v) is 6.87. The van der Waals surface area contributed by atoms with Crippen LogP contribution in [0, 0.1) is 6.92 Å². The lowest BCUT2D eigenvalue weighted by Gasteiger charge is -2.27. The number of carbonyl (C=O) groups excluding carboxylic acids is 1. The van der Waals surface area contributed by atoms with Crippen molar-refractivity contribution in [3.8, 4) is 0 Å². The van der Waals surface area contributed by atoms with E-state index in [9.17, 15) is 4.79 Å². The molecule has 1 rings (SSSR count). The highest BCUT2D eigenvalue weighted by atomic mass is 16.6. The predicted molar refractivity (Wildman–Crippen MR) is 78.9 cm³/mol. The van der Waals surface area contributed by atoms with Crippen molar-refractivity contribution in [3.63, 3.8) is 0 Å². The number of rotatable bonds is 5. The fourth-order valence-electron chi connectivity index (χ4n) is 1.67. The van der Waals surface area contributed by atoms with Crippen molar-refractivity contribution >= 4 is 11.9 Å². The summed E-state index contributed by atoms with van der Waals surface area (Å²) in [4.78, 5) is 18.0. The number of aromatic nitrogens is 1. The van der Waals surface area contributed by atoms with Crippen molar-refractivity contribution in [3.05, 3.63) is 23.9 Å². The summed E-state index contributed by atoms with van der Waals surface area (Å²) < 4.78 is 5.41. The van der Waals surface area contributed by atoms with E-state index in [1.54, 1.807) is 6.20 Å². The van der Waals surface area contributed by atoms with E-state index < -0.39 is 11.7 Å². The zero-order chi connectivity index (χ0) is 15.2. The number of aliphatic hydroxyl groups is 1. The molecule has 1 heterocycles. The van der Waals surface area contributed by atoms with Gasteiger partial charge in [0, 0.05) is 19.3 Å². The van der Waals surface area contributed by atoms with E-state index in [1.807, 2.05) is 39.8 Å². The Labute approximate surface area is 120 Å². The topological polar surface area (TPSA) is 62.7 Å². The molecule has 0 aliphatic carbocycles. The lowest BCUT2D eigenvalue weighted by molar-refractivity contribution is 0.0578. The van der Waals surface area contributed by atoms with Gasteiger partial charge in [-0.15, -0.1) is 0 Å². The number of carbonyl (C=O) groups is 1. The molecule has 0 saturated carbocycles. The Morgan fingerprint density at radius 3 is 2.65 bits per heavy atom. The Morgan fingerprint density at radius 1 is 1.40 bits per heavy atom. The molecule has 1 aromatic heterocycles. The molecule has 1 N–H and O–H groups in total. The number of hydrogen-bond acceptors (Lipinski definition) is 4. The number of amides is 1. The highest BCUT2D eigenvalue weighted by Crippen LogP contribution is 2.17. The van der Waals surface area contributed by atoms with Gasteiger partial charge in [-0.1, -0.05) is 0 Å². The summed E-state index contributed by atoms with van der Waals surface area (Å²) in [5, 5.41) is 8.87. The van der Waals surface area contributed by atoms with Crippen molar-refractivity contribution in [1.29, 1.82) is 0 Å². The molecular formula is C15H24N2O3. The first-order chi connectivity index (χ1) is 9.33. The van der Waals surface area contributed by atoms with E-state index in [4.69, 9.17) is 9.84 Å². The summed E-state index contributed by atoms with van der Waals surface area (Å²) in [5.74, 6) is 0.581. The van der Waals surface area contributed by atoms with Gasteiger partial charge < -0.3 is 9.84 Å². The molecule has 0 bridgehead atoms. The summed E-state index contributed by atoms with van der Waals surface area (Å²) in [6, 6.07) is 3.73. The molecule has 0 unspecified atom stereocenters. The molecule has 0 aliphatic heterocycles. The molecule has 1 amide bonds. The van der Waals surface area contributed by atoms with Gasteiger partial charge >= 0.3 is 6.09 Å². The van der Waals surface area contributed by atoms with Crippen LogP contribution in [0.3, 0.4) is 0 Å². The molecule has 0 aromatic carbocycles. The molecular weight excluding hydrogens is 256 g/mol. The third-order valence-electron chi connectivity index (χ3n) is 2.58. The average Bonchev–Trinajstić information content (AvgIpc) is 2.32. The van der Waals surface area contributed by atoms with Crippen LogP contribution in [0.15, 0.2) is 18.3 Å². The molecule has 112 valence electrons. The normalized spacial score (nSPS) is 11.2. The number of hydrogen-bond donors (Lipinski definition) is 1. The lowest BCUT2D eigenvalue weighted by atomic mass is 10.2. The van der Waals surface area contributed by atoms with Crippen LogP contribution in [0.25, 0.3) is 0 Å². The maximum absolute atomic E-state index is 12.3. The molecule has 5 heteroatoms. The second-order valence-electron chi connectivity index (χ2n) is 5.75. The van der Waals surface area contributed by atoms with Gasteiger partial charge in [0.25, 0.3) is 0 Å². The molecule has 0 saturated heterocycles. The van der Waals surface area contributed by atoms with E-state index >= 15 is 0 Å².